The van der Waals surface area contributed by atoms with E-state index in [4.69, 9.17) is 4.74 Å². The van der Waals surface area contributed by atoms with Gasteiger partial charge in [0.15, 0.2) is 5.75 Å². The van der Waals surface area contributed by atoms with Gasteiger partial charge in [-0.05, 0) is 67.1 Å². The van der Waals surface area contributed by atoms with Gasteiger partial charge >= 0.3 is 0 Å². The number of fused-ring (bicyclic) bond motifs is 2. The van der Waals surface area contributed by atoms with Gasteiger partial charge in [-0.1, -0.05) is 19.9 Å². The molecule has 3 aromatic carbocycles. The molecule has 0 spiro atoms. The third-order valence-electron chi connectivity index (χ3n) is 5.93. The average molecular weight is 494 g/mol. The van der Waals surface area contributed by atoms with Gasteiger partial charge in [-0.15, -0.1) is 0 Å². The lowest BCUT2D eigenvalue weighted by atomic mass is 10.1. The highest BCUT2D eigenvalue weighted by Crippen LogP contribution is 2.39. The summed E-state index contributed by atoms with van der Waals surface area (Å²) in [4.78, 5) is 27.6. The van der Waals surface area contributed by atoms with E-state index in [1.807, 2.05) is 25.1 Å². The molecule has 0 unspecified atom stereocenters. The first-order chi connectivity index (χ1) is 16.6. The smallest absolute Gasteiger partial charge is 0.261 e. The highest BCUT2D eigenvalue weighted by Gasteiger charge is 2.26. The predicted octanol–water partition coefficient (Wildman–Crippen LogP) is 4.66. The molecule has 182 valence electrons. The molecule has 9 heteroatoms. The zero-order valence-corrected chi connectivity index (χ0v) is 20.8. The van der Waals surface area contributed by atoms with Crippen molar-refractivity contribution >= 4 is 33.2 Å². The maximum atomic E-state index is 13.1. The molecular formula is C26H27N3O5S. The Morgan fingerprint density at radius 2 is 1.63 bits per heavy atom. The van der Waals surface area contributed by atoms with Crippen LogP contribution in [0.5, 0.6) is 11.5 Å². The van der Waals surface area contributed by atoms with Gasteiger partial charge in [-0.25, -0.2) is 8.42 Å². The van der Waals surface area contributed by atoms with Crippen LogP contribution in [0.2, 0.25) is 0 Å². The molecule has 0 radical (unpaired) electrons. The minimum absolute atomic E-state index is 0.128. The summed E-state index contributed by atoms with van der Waals surface area (Å²) in [6, 6.07) is 16.3. The van der Waals surface area contributed by atoms with Crippen molar-refractivity contribution in [1.29, 1.82) is 0 Å². The van der Waals surface area contributed by atoms with Crippen LogP contribution in [0.3, 0.4) is 0 Å². The second kappa shape index (κ2) is 9.52. The van der Waals surface area contributed by atoms with Crippen LogP contribution in [0.1, 0.15) is 40.1 Å². The average Bonchev–Trinajstić information content (AvgIpc) is 2.94. The molecule has 1 N–H and O–H groups in total. The molecule has 0 aliphatic carbocycles. The summed E-state index contributed by atoms with van der Waals surface area (Å²) in [6.07, 6.45) is 0. The van der Waals surface area contributed by atoms with E-state index in [0.29, 0.717) is 47.1 Å². The van der Waals surface area contributed by atoms with E-state index in [9.17, 15) is 18.0 Å². The number of nitrogens with one attached hydrogen (secondary N) is 1. The van der Waals surface area contributed by atoms with Crippen LogP contribution in [-0.2, 0) is 10.0 Å². The predicted molar refractivity (Wildman–Crippen MR) is 135 cm³/mol. The molecule has 0 aromatic heterocycles. The standard InChI is InChI=1S/C26H27N3O5S/c1-5-29(6-2)35(32,33)20-11-8-18(9-12-20)25(30)27-19-10-14-23-21(16-19)26(31)28(4)22-15-17(3)7-13-24(22)34-23/h7-16H,5-6H2,1-4H3,(H,27,30). The lowest BCUT2D eigenvalue weighted by Gasteiger charge is -2.18. The van der Waals surface area contributed by atoms with Crippen molar-refractivity contribution in [3.63, 3.8) is 0 Å². The number of hydrogen-bond donors (Lipinski definition) is 1. The summed E-state index contributed by atoms with van der Waals surface area (Å²) in [6.45, 7) is 6.21. The lowest BCUT2D eigenvalue weighted by Crippen LogP contribution is -2.30. The zero-order chi connectivity index (χ0) is 25.3. The first kappa shape index (κ1) is 24.4. The fourth-order valence-corrected chi connectivity index (χ4v) is 5.40. The van der Waals surface area contributed by atoms with Crippen LogP contribution >= 0.6 is 0 Å². The van der Waals surface area contributed by atoms with Crippen molar-refractivity contribution in [2.24, 2.45) is 0 Å². The Labute approximate surface area is 205 Å². The van der Waals surface area contributed by atoms with E-state index >= 15 is 0 Å². The van der Waals surface area contributed by atoms with Crippen LogP contribution in [0.15, 0.2) is 65.6 Å². The molecule has 1 heterocycles. The minimum Gasteiger partial charge on any atom is -0.454 e. The Morgan fingerprint density at radius 1 is 0.971 bits per heavy atom. The minimum atomic E-state index is -3.61. The fraction of sp³-hybridized carbons (Fsp3) is 0.231. The first-order valence-corrected chi connectivity index (χ1v) is 12.7. The normalized spacial score (nSPS) is 13.1. The Bertz CT molecular complexity index is 1400. The molecular weight excluding hydrogens is 466 g/mol. The van der Waals surface area contributed by atoms with Gasteiger partial charge in [0, 0.05) is 31.4 Å². The van der Waals surface area contributed by atoms with Gasteiger partial charge < -0.3 is 15.0 Å². The van der Waals surface area contributed by atoms with Crippen molar-refractivity contribution in [3.8, 4) is 11.5 Å². The van der Waals surface area contributed by atoms with Crippen LogP contribution in [0, 0.1) is 6.92 Å². The topological polar surface area (TPSA) is 96.0 Å². The van der Waals surface area contributed by atoms with E-state index in [0.717, 1.165) is 5.56 Å². The molecule has 8 nitrogen and oxygen atoms in total. The Kier molecular flexibility index (Phi) is 6.64. The summed E-state index contributed by atoms with van der Waals surface area (Å²) in [5.74, 6) is 0.285. The number of ether oxygens (including phenoxy) is 1. The summed E-state index contributed by atoms with van der Waals surface area (Å²) >= 11 is 0. The SMILES string of the molecule is CCN(CC)S(=O)(=O)c1ccc(C(=O)Nc2ccc3c(c2)C(=O)N(C)c2cc(C)ccc2O3)cc1. The van der Waals surface area contributed by atoms with E-state index in [2.05, 4.69) is 5.32 Å². The molecule has 0 fully saturated rings. The van der Waals surface area contributed by atoms with Crippen LogP contribution < -0.4 is 15.0 Å². The van der Waals surface area contributed by atoms with Gasteiger partial charge in [0.2, 0.25) is 10.0 Å². The number of amides is 2. The number of anilines is 2. The summed E-state index contributed by atoms with van der Waals surface area (Å²) in [7, 11) is -1.93. The summed E-state index contributed by atoms with van der Waals surface area (Å²) in [5, 5.41) is 2.77. The van der Waals surface area contributed by atoms with Gasteiger partial charge in [0.05, 0.1) is 16.1 Å². The van der Waals surface area contributed by atoms with E-state index in [1.54, 1.807) is 39.1 Å². The molecule has 2 amide bonds. The summed E-state index contributed by atoms with van der Waals surface area (Å²) < 4.78 is 32.7. The quantitative estimate of drug-likeness (QED) is 0.539. The van der Waals surface area contributed by atoms with Crippen molar-refractivity contribution in [1.82, 2.24) is 4.31 Å². The Balaban J connectivity index is 1.56. The third kappa shape index (κ3) is 4.65. The van der Waals surface area contributed by atoms with E-state index in [-0.39, 0.29) is 10.8 Å². The van der Waals surface area contributed by atoms with Gasteiger partial charge in [-0.3, -0.25) is 9.59 Å². The first-order valence-electron chi connectivity index (χ1n) is 11.3. The Morgan fingerprint density at radius 3 is 2.29 bits per heavy atom. The number of sulfonamides is 1. The molecule has 0 saturated heterocycles. The molecule has 4 rings (SSSR count). The second-order valence-corrected chi connectivity index (χ2v) is 10.2. The number of benzene rings is 3. The number of carbonyl (C=O) groups excluding carboxylic acids is 2. The number of hydrogen-bond acceptors (Lipinski definition) is 5. The van der Waals surface area contributed by atoms with Crippen molar-refractivity contribution in [2.45, 2.75) is 25.7 Å². The molecule has 1 aliphatic heterocycles. The monoisotopic (exact) mass is 493 g/mol. The number of nitrogens with zero attached hydrogens (tertiary/aromatic N) is 2. The second-order valence-electron chi connectivity index (χ2n) is 8.22. The number of aryl methyl sites for hydroxylation is 1. The Hall–Kier alpha value is -3.69. The fourth-order valence-electron chi connectivity index (χ4n) is 3.94. The van der Waals surface area contributed by atoms with Crippen LogP contribution in [-0.4, -0.2) is 44.7 Å². The van der Waals surface area contributed by atoms with Crippen LogP contribution in [0.4, 0.5) is 11.4 Å². The molecule has 0 bridgehead atoms. The van der Waals surface area contributed by atoms with Crippen LogP contribution in [0.25, 0.3) is 0 Å². The van der Waals surface area contributed by atoms with Crippen molar-refractivity contribution in [2.75, 3.05) is 30.4 Å². The third-order valence-corrected chi connectivity index (χ3v) is 7.99. The molecule has 35 heavy (non-hydrogen) atoms. The molecule has 0 saturated carbocycles. The number of carbonyl (C=O) groups is 2. The zero-order valence-electron chi connectivity index (χ0n) is 20.0. The van der Waals surface area contributed by atoms with Gasteiger partial charge in [0.25, 0.3) is 11.8 Å². The van der Waals surface area contributed by atoms with Gasteiger partial charge in [-0.2, -0.15) is 4.31 Å². The van der Waals surface area contributed by atoms with Crippen molar-refractivity contribution in [3.05, 3.63) is 77.4 Å². The summed E-state index contributed by atoms with van der Waals surface area (Å²) in [5.41, 5.74) is 2.69. The van der Waals surface area contributed by atoms with Gasteiger partial charge in [0.1, 0.15) is 5.75 Å². The maximum Gasteiger partial charge on any atom is 0.261 e. The maximum absolute atomic E-state index is 13.1. The molecule has 1 aliphatic rings. The van der Waals surface area contributed by atoms with E-state index in [1.165, 1.54) is 33.5 Å². The number of rotatable bonds is 6. The van der Waals surface area contributed by atoms with Crippen molar-refractivity contribution < 1.29 is 22.7 Å². The highest BCUT2D eigenvalue weighted by atomic mass is 32.2. The highest BCUT2D eigenvalue weighted by molar-refractivity contribution is 7.89. The lowest BCUT2D eigenvalue weighted by molar-refractivity contribution is 0.0990. The molecule has 0 atom stereocenters. The largest absolute Gasteiger partial charge is 0.454 e. The molecule has 3 aromatic rings. The van der Waals surface area contributed by atoms with E-state index < -0.39 is 15.9 Å².